The second-order valence-corrected chi connectivity index (χ2v) is 6.28. The summed E-state index contributed by atoms with van der Waals surface area (Å²) in [6.07, 6.45) is 3.20. The van der Waals surface area contributed by atoms with E-state index in [0.29, 0.717) is 0 Å². The minimum atomic E-state index is 0.742. The lowest BCUT2D eigenvalue weighted by atomic mass is 10.0. The first-order valence-electron chi connectivity index (χ1n) is 7.90. The summed E-state index contributed by atoms with van der Waals surface area (Å²) < 4.78 is 5.48. The molecule has 1 heterocycles. The minimum absolute atomic E-state index is 0.742. The van der Waals surface area contributed by atoms with Crippen LogP contribution >= 0.6 is 11.6 Å². The van der Waals surface area contributed by atoms with E-state index < -0.39 is 0 Å². The number of halogens is 1. The van der Waals surface area contributed by atoms with Crippen molar-refractivity contribution in [3.05, 3.63) is 28.3 Å². The zero-order chi connectivity index (χ0) is 15.2. The van der Waals surface area contributed by atoms with Gasteiger partial charge in [-0.2, -0.15) is 0 Å². The van der Waals surface area contributed by atoms with Crippen molar-refractivity contribution < 1.29 is 4.74 Å². The van der Waals surface area contributed by atoms with Crippen LogP contribution in [-0.2, 0) is 12.8 Å². The molecule has 118 valence electrons. The van der Waals surface area contributed by atoms with Gasteiger partial charge in [-0.1, -0.05) is 24.6 Å². The van der Waals surface area contributed by atoms with Gasteiger partial charge < -0.3 is 14.5 Å². The molecule has 0 saturated carbocycles. The first-order valence-corrected chi connectivity index (χ1v) is 8.28. The summed E-state index contributed by atoms with van der Waals surface area (Å²) in [6.45, 7) is 8.05. The van der Waals surface area contributed by atoms with E-state index in [1.165, 1.54) is 37.3 Å². The molecule has 0 aromatic heterocycles. The zero-order valence-electron chi connectivity index (χ0n) is 13.5. The summed E-state index contributed by atoms with van der Waals surface area (Å²) in [6, 6.07) is 4.26. The van der Waals surface area contributed by atoms with Crippen LogP contribution in [0.15, 0.2) is 12.1 Å². The van der Waals surface area contributed by atoms with E-state index in [2.05, 4.69) is 29.8 Å². The quantitative estimate of drug-likeness (QED) is 0.803. The molecule has 0 amide bonds. The van der Waals surface area contributed by atoms with E-state index in [0.717, 1.165) is 36.6 Å². The highest BCUT2D eigenvalue weighted by molar-refractivity contribution is 6.32. The Bertz CT molecular complexity index is 456. The number of benzene rings is 1. The fourth-order valence-corrected chi connectivity index (χ4v) is 3.23. The van der Waals surface area contributed by atoms with Crippen molar-refractivity contribution in [2.45, 2.75) is 26.2 Å². The highest BCUT2D eigenvalue weighted by Crippen LogP contribution is 2.31. The van der Waals surface area contributed by atoms with Crippen LogP contribution in [0, 0.1) is 0 Å². The van der Waals surface area contributed by atoms with Crippen molar-refractivity contribution >= 4 is 11.6 Å². The Kier molecular flexibility index (Phi) is 6.34. The van der Waals surface area contributed by atoms with Crippen molar-refractivity contribution in [1.29, 1.82) is 0 Å². The molecular weight excluding hydrogens is 284 g/mol. The predicted molar refractivity (Wildman–Crippen MR) is 89.6 cm³/mol. The zero-order valence-corrected chi connectivity index (χ0v) is 14.2. The third-order valence-corrected chi connectivity index (χ3v) is 4.59. The molecule has 1 fully saturated rings. The number of nitrogens with zero attached hydrogens (tertiary/aromatic N) is 2. The van der Waals surface area contributed by atoms with Crippen LogP contribution in [0.1, 0.15) is 24.5 Å². The Labute approximate surface area is 133 Å². The van der Waals surface area contributed by atoms with E-state index in [-0.39, 0.29) is 0 Å². The molecule has 3 nitrogen and oxygen atoms in total. The Morgan fingerprint density at radius 3 is 2.52 bits per heavy atom. The lowest BCUT2D eigenvalue weighted by molar-refractivity contribution is 0.153. The van der Waals surface area contributed by atoms with Crippen LogP contribution in [0.4, 0.5) is 0 Å². The topological polar surface area (TPSA) is 15.7 Å². The van der Waals surface area contributed by atoms with Crippen molar-refractivity contribution in [2.24, 2.45) is 0 Å². The Morgan fingerprint density at radius 1 is 1.19 bits per heavy atom. The van der Waals surface area contributed by atoms with Gasteiger partial charge in [0.2, 0.25) is 0 Å². The van der Waals surface area contributed by atoms with Crippen molar-refractivity contribution in [1.82, 2.24) is 9.80 Å². The second kappa shape index (κ2) is 8.02. The molecular formula is C17H27ClN2O. The highest BCUT2D eigenvalue weighted by Gasteiger charge is 2.14. The van der Waals surface area contributed by atoms with Gasteiger partial charge in [0, 0.05) is 26.2 Å². The summed E-state index contributed by atoms with van der Waals surface area (Å²) >= 11 is 6.32. The number of rotatable bonds is 6. The molecule has 0 spiro atoms. The second-order valence-electron chi connectivity index (χ2n) is 5.87. The van der Waals surface area contributed by atoms with Crippen LogP contribution in [0.5, 0.6) is 5.75 Å². The number of ether oxygens (including phenoxy) is 1. The van der Waals surface area contributed by atoms with Crippen LogP contribution in [0.2, 0.25) is 5.02 Å². The minimum Gasteiger partial charge on any atom is -0.495 e. The van der Waals surface area contributed by atoms with E-state index >= 15 is 0 Å². The van der Waals surface area contributed by atoms with Gasteiger partial charge in [-0.05, 0) is 50.0 Å². The summed E-state index contributed by atoms with van der Waals surface area (Å²) in [4.78, 5) is 4.95. The molecule has 1 aromatic rings. The fraction of sp³-hybridized carbons (Fsp3) is 0.647. The molecule has 1 saturated heterocycles. The number of aryl methyl sites for hydroxylation is 2. The van der Waals surface area contributed by atoms with Crippen molar-refractivity contribution in [2.75, 3.05) is 46.9 Å². The molecule has 0 atom stereocenters. The lowest BCUT2D eigenvalue weighted by Gasteiger charge is -2.32. The fourth-order valence-electron chi connectivity index (χ4n) is 2.90. The molecule has 2 rings (SSSR count). The van der Waals surface area contributed by atoms with Gasteiger partial charge >= 0.3 is 0 Å². The average Bonchev–Trinajstić information content (AvgIpc) is 2.49. The Balaban J connectivity index is 1.91. The smallest absolute Gasteiger partial charge is 0.140 e. The molecule has 0 bridgehead atoms. The first-order chi connectivity index (χ1) is 10.1. The van der Waals surface area contributed by atoms with E-state index in [9.17, 15) is 0 Å². The van der Waals surface area contributed by atoms with Gasteiger partial charge in [-0.3, -0.25) is 0 Å². The summed E-state index contributed by atoms with van der Waals surface area (Å²) in [5.74, 6) is 0.854. The maximum absolute atomic E-state index is 6.32. The van der Waals surface area contributed by atoms with Crippen LogP contribution in [0.3, 0.4) is 0 Å². The maximum Gasteiger partial charge on any atom is 0.140 e. The molecule has 1 aliphatic heterocycles. The van der Waals surface area contributed by atoms with Gasteiger partial charge in [-0.25, -0.2) is 0 Å². The molecule has 0 aliphatic carbocycles. The molecule has 1 aromatic carbocycles. The predicted octanol–water partition coefficient (Wildman–Crippen LogP) is 3.09. The van der Waals surface area contributed by atoms with Gasteiger partial charge in [0.1, 0.15) is 5.75 Å². The summed E-state index contributed by atoms with van der Waals surface area (Å²) in [5.41, 5.74) is 2.53. The molecule has 4 heteroatoms. The van der Waals surface area contributed by atoms with Crippen molar-refractivity contribution in [3.63, 3.8) is 0 Å². The maximum atomic E-state index is 6.32. The monoisotopic (exact) mass is 310 g/mol. The van der Waals surface area contributed by atoms with Gasteiger partial charge in [-0.15, -0.1) is 0 Å². The van der Waals surface area contributed by atoms with Crippen LogP contribution in [0.25, 0.3) is 0 Å². The van der Waals surface area contributed by atoms with E-state index in [1.54, 1.807) is 7.11 Å². The summed E-state index contributed by atoms with van der Waals surface area (Å²) in [7, 11) is 3.90. The molecule has 21 heavy (non-hydrogen) atoms. The largest absolute Gasteiger partial charge is 0.495 e. The Morgan fingerprint density at radius 2 is 1.90 bits per heavy atom. The van der Waals surface area contributed by atoms with E-state index in [4.69, 9.17) is 16.3 Å². The standard InChI is InChI=1S/C17H27ClN2O/c1-4-14-12-15(17(21-3)16(18)13-14)6-5-7-20-10-8-19(2)9-11-20/h12-13H,4-11H2,1-3H3. The number of hydrogen-bond donors (Lipinski definition) is 0. The van der Waals surface area contributed by atoms with Crippen molar-refractivity contribution in [3.8, 4) is 5.75 Å². The Hall–Kier alpha value is -0.770. The molecule has 0 N–H and O–H groups in total. The third kappa shape index (κ3) is 4.60. The van der Waals surface area contributed by atoms with Gasteiger partial charge in [0.25, 0.3) is 0 Å². The number of methoxy groups -OCH3 is 1. The van der Waals surface area contributed by atoms with Gasteiger partial charge in [0.15, 0.2) is 0 Å². The number of piperazine rings is 1. The highest BCUT2D eigenvalue weighted by atomic mass is 35.5. The number of likely N-dealkylation sites (N-methyl/N-ethyl adjacent to an activating group) is 1. The van der Waals surface area contributed by atoms with Crippen LogP contribution < -0.4 is 4.74 Å². The lowest BCUT2D eigenvalue weighted by Crippen LogP contribution is -2.44. The van der Waals surface area contributed by atoms with Crippen LogP contribution in [-0.4, -0.2) is 56.7 Å². The van der Waals surface area contributed by atoms with E-state index in [1.807, 2.05) is 6.07 Å². The first kappa shape index (κ1) is 16.6. The molecule has 1 aliphatic rings. The SMILES string of the molecule is CCc1cc(Cl)c(OC)c(CCCN2CCN(C)CC2)c1. The normalized spacial score (nSPS) is 17.1. The third-order valence-electron chi connectivity index (χ3n) is 4.31. The molecule has 0 radical (unpaired) electrons. The molecule has 0 unspecified atom stereocenters. The average molecular weight is 311 g/mol. The number of hydrogen-bond acceptors (Lipinski definition) is 3. The van der Waals surface area contributed by atoms with Gasteiger partial charge in [0.05, 0.1) is 12.1 Å². The summed E-state index contributed by atoms with van der Waals surface area (Å²) in [5, 5.41) is 0.742.